The Kier molecular flexibility index (Phi) is 2.90. The van der Waals surface area contributed by atoms with Crippen LogP contribution in [0.25, 0.3) is 11.0 Å². The van der Waals surface area contributed by atoms with Gasteiger partial charge in [-0.1, -0.05) is 12.1 Å². The van der Waals surface area contributed by atoms with Crippen LogP contribution in [0.4, 0.5) is 0 Å². The lowest BCUT2D eigenvalue weighted by atomic mass is 10.3. The Morgan fingerprint density at radius 3 is 2.69 bits per heavy atom. The Morgan fingerprint density at radius 1 is 1.38 bits per heavy atom. The maximum atomic E-state index is 5.53. The van der Waals surface area contributed by atoms with Crippen molar-refractivity contribution in [3.63, 3.8) is 0 Å². The van der Waals surface area contributed by atoms with Crippen molar-refractivity contribution in [3.05, 3.63) is 30.1 Å². The normalized spacial score (nSPS) is 10.0. The van der Waals surface area contributed by atoms with Gasteiger partial charge in [0, 0.05) is 7.05 Å². The van der Waals surface area contributed by atoms with Crippen LogP contribution in [0.5, 0.6) is 0 Å². The van der Waals surface area contributed by atoms with E-state index in [1.165, 1.54) is 0 Å². The molecule has 0 amide bonds. The van der Waals surface area contributed by atoms with Crippen LogP contribution in [0.3, 0.4) is 0 Å². The fourth-order valence-corrected chi connectivity index (χ4v) is 1.38. The van der Waals surface area contributed by atoms with Crippen molar-refractivity contribution >= 4 is 23.4 Å². The first kappa shape index (κ1) is 10.0. The average molecular weight is 198 g/mol. The first-order valence-corrected chi connectivity index (χ1v) is 3.93. The Balaban J connectivity index is 0.000000845. The van der Waals surface area contributed by atoms with Gasteiger partial charge in [0.25, 0.3) is 0 Å². The topological polar surface area (TPSA) is 43.8 Å². The first-order chi connectivity index (χ1) is 5.83. The van der Waals surface area contributed by atoms with E-state index in [2.05, 4.69) is 4.98 Å². The molecular formula is C9H12ClN3. The molecule has 4 heteroatoms. The summed E-state index contributed by atoms with van der Waals surface area (Å²) in [6.07, 6.45) is 0. The molecule has 0 spiro atoms. The summed E-state index contributed by atoms with van der Waals surface area (Å²) in [6.45, 7) is 0.491. The number of fused-ring (bicyclic) bond motifs is 1. The zero-order chi connectivity index (χ0) is 8.55. The summed E-state index contributed by atoms with van der Waals surface area (Å²) in [5.74, 6) is 0.927. The van der Waals surface area contributed by atoms with Crippen molar-refractivity contribution in [1.82, 2.24) is 9.55 Å². The van der Waals surface area contributed by atoms with E-state index < -0.39 is 0 Å². The summed E-state index contributed by atoms with van der Waals surface area (Å²) in [7, 11) is 1.98. The second-order valence-corrected chi connectivity index (χ2v) is 2.78. The summed E-state index contributed by atoms with van der Waals surface area (Å²) in [5.41, 5.74) is 7.68. The van der Waals surface area contributed by atoms with Gasteiger partial charge in [-0.3, -0.25) is 0 Å². The zero-order valence-corrected chi connectivity index (χ0v) is 8.21. The molecule has 2 rings (SSSR count). The highest BCUT2D eigenvalue weighted by molar-refractivity contribution is 5.85. The highest BCUT2D eigenvalue weighted by Crippen LogP contribution is 2.13. The van der Waals surface area contributed by atoms with Crippen LogP contribution in [0, 0.1) is 0 Å². The Labute approximate surface area is 83.0 Å². The quantitative estimate of drug-likeness (QED) is 0.752. The van der Waals surface area contributed by atoms with Crippen LogP contribution >= 0.6 is 12.4 Å². The summed E-state index contributed by atoms with van der Waals surface area (Å²) in [4.78, 5) is 4.37. The van der Waals surface area contributed by atoms with Crippen LogP contribution in [0.1, 0.15) is 5.82 Å². The minimum Gasteiger partial charge on any atom is -0.330 e. The van der Waals surface area contributed by atoms with Gasteiger partial charge in [0.2, 0.25) is 0 Å². The summed E-state index contributed by atoms with van der Waals surface area (Å²) < 4.78 is 2.02. The molecule has 0 aliphatic heterocycles. The molecule has 0 fully saturated rings. The number of aryl methyl sites for hydroxylation is 1. The number of imidazole rings is 1. The van der Waals surface area contributed by atoms with Gasteiger partial charge >= 0.3 is 0 Å². The zero-order valence-electron chi connectivity index (χ0n) is 7.40. The van der Waals surface area contributed by atoms with E-state index in [4.69, 9.17) is 5.73 Å². The molecule has 1 aromatic carbocycles. The van der Waals surface area contributed by atoms with E-state index in [0.717, 1.165) is 16.9 Å². The monoisotopic (exact) mass is 197 g/mol. The minimum absolute atomic E-state index is 0. The van der Waals surface area contributed by atoms with Gasteiger partial charge in [0.1, 0.15) is 5.82 Å². The van der Waals surface area contributed by atoms with Crippen molar-refractivity contribution in [3.8, 4) is 0 Å². The maximum Gasteiger partial charge on any atom is 0.123 e. The molecule has 0 atom stereocenters. The molecule has 0 aliphatic rings. The van der Waals surface area contributed by atoms with Crippen LogP contribution in [-0.4, -0.2) is 9.55 Å². The van der Waals surface area contributed by atoms with E-state index in [0.29, 0.717) is 6.54 Å². The van der Waals surface area contributed by atoms with Crippen molar-refractivity contribution < 1.29 is 0 Å². The van der Waals surface area contributed by atoms with Crippen LogP contribution in [0.15, 0.2) is 24.3 Å². The van der Waals surface area contributed by atoms with Crippen molar-refractivity contribution in [2.75, 3.05) is 0 Å². The molecular weight excluding hydrogens is 186 g/mol. The number of rotatable bonds is 1. The van der Waals surface area contributed by atoms with Crippen molar-refractivity contribution in [2.45, 2.75) is 6.54 Å². The number of halogens is 1. The smallest absolute Gasteiger partial charge is 0.123 e. The van der Waals surface area contributed by atoms with Gasteiger partial charge in [-0.2, -0.15) is 0 Å². The van der Waals surface area contributed by atoms with Gasteiger partial charge < -0.3 is 10.3 Å². The average Bonchev–Trinajstić information content (AvgIpc) is 2.44. The number of hydrogen-bond donors (Lipinski definition) is 1. The summed E-state index contributed by atoms with van der Waals surface area (Å²) in [5, 5.41) is 0. The molecule has 0 saturated carbocycles. The Morgan fingerprint density at radius 2 is 2.08 bits per heavy atom. The standard InChI is InChI=1S/C9H11N3.ClH/c1-12-8-5-3-2-4-7(8)11-9(12)6-10;/h2-5H,6,10H2,1H3;1H. The molecule has 0 bridgehead atoms. The van der Waals surface area contributed by atoms with Gasteiger partial charge in [0.05, 0.1) is 17.6 Å². The molecule has 1 heterocycles. The maximum absolute atomic E-state index is 5.53. The highest BCUT2D eigenvalue weighted by atomic mass is 35.5. The number of nitrogens with zero attached hydrogens (tertiary/aromatic N) is 2. The fourth-order valence-electron chi connectivity index (χ4n) is 1.38. The van der Waals surface area contributed by atoms with Crippen LogP contribution in [0.2, 0.25) is 0 Å². The van der Waals surface area contributed by atoms with E-state index in [-0.39, 0.29) is 12.4 Å². The predicted molar refractivity (Wildman–Crippen MR) is 55.9 cm³/mol. The largest absolute Gasteiger partial charge is 0.330 e. The highest BCUT2D eigenvalue weighted by Gasteiger charge is 2.03. The second kappa shape index (κ2) is 3.77. The molecule has 0 aliphatic carbocycles. The number of hydrogen-bond acceptors (Lipinski definition) is 2. The van der Waals surface area contributed by atoms with Gasteiger partial charge in [-0.05, 0) is 12.1 Å². The van der Waals surface area contributed by atoms with E-state index >= 15 is 0 Å². The van der Waals surface area contributed by atoms with Crippen molar-refractivity contribution in [1.29, 1.82) is 0 Å². The lowest BCUT2D eigenvalue weighted by molar-refractivity contribution is 0.813. The van der Waals surface area contributed by atoms with E-state index in [1.807, 2.05) is 35.9 Å². The van der Waals surface area contributed by atoms with Crippen LogP contribution in [-0.2, 0) is 13.6 Å². The molecule has 0 unspecified atom stereocenters. The third-order valence-corrected chi connectivity index (χ3v) is 2.06. The van der Waals surface area contributed by atoms with Gasteiger partial charge in [-0.25, -0.2) is 4.98 Å². The van der Waals surface area contributed by atoms with E-state index in [1.54, 1.807) is 0 Å². The van der Waals surface area contributed by atoms with Crippen LogP contribution < -0.4 is 5.73 Å². The minimum atomic E-state index is 0. The van der Waals surface area contributed by atoms with Crippen molar-refractivity contribution in [2.24, 2.45) is 12.8 Å². The molecule has 1 aromatic heterocycles. The molecule has 2 aromatic rings. The second-order valence-electron chi connectivity index (χ2n) is 2.78. The lowest BCUT2D eigenvalue weighted by Crippen LogP contribution is -2.04. The predicted octanol–water partition coefficient (Wildman–Crippen LogP) is 1.45. The third kappa shape index (κ3) is 1.53. The lowest BCUT2D eigenvalue weighted by Gasteiger charge is -1.96. The molecule has 0 saturated heterocycles. The number of nitrogens with two attached hydrogens (primary N) is 1. The number of benzene rings is 1. The third-order valence-electron chi connectivity index (χ3n) is 2.06. The Bertz CT molecular complexity index is 408. The number of aromatic nitrogens is 2. The molecule has 70 valence electrons. The SMILES string of the molecule is Cl.Cn1c(CN)nc2ccccc21. The fraction of sp³-hybridized carbons (Fsp3) is 0.222. The molecule has 13 heavy (non-hydrogen) atoms. The summed E-state index contributed by atoms with van der Waals surface area (Å²) >= 11 is 0. The van der Waals surface area contributed by atoms with E-state index in [9.17, 15) is 0 Å². The van der Waals surface area contributed by atoms with Gasteiger partial charge in [-0.15, -0.1) is 12.4 Å². The molecule has 0 radical (unpaired) electrons. The summed E-state index contributed by atoms with van der Waals surface area (Å²) in [6, 6.07) is 8.02. The Hall–Kier alpha value is -1.06. The first-order valence-electron chi connectivity index (χ1n) is 3.93. The number of para-hydroxylation sites is 2. The molecule has 2 N–H and O–H groups in total. The molecule has 3 nitrogen and oxygen atoms in total. The van der Waals surface area contributed by atoms with Gasteiger partial charge in [0.15, 0.2) is 0 Å².